The molecule has 0 bridgehead atoms. The minimum absolute atomic E-state index is 0.0113. The van der Waals surface area contributed by atoms with Crippen molar-refractivity contribution in [3.63, 3.8) is 0 Å². The Morgan fingerprint density at radius 2 is 1.34 bits per heavy atom. The Morgan fingerprint density at radius 1 is 0.688 bits per heavy atom. The summed E-state index contributed by atoms with van der Waals surface area (Å²) < 4.78 is 84.6. The molecule has 4 aromatic rings. The van der Waals surface area contributed by atoms with Gasteiger partial charge >= 0.3 is 12.4 Å². The van der Waals surface area contributed by atoms with Crippen LogP contribution in [0.4, 0.5) is 37.8 Å². The van der Waals surface area contributed by atoms with Gasteiger partial charge in [0.1, 0.15) is 23.0 Å². The molecule has 0 radical (unpaired) electrons. The Kier molecular flexibility index (Phi) is 5.37. The number of ether oxygens (including phenoxy) is 1. The van der Waals surface area contributed by atoms with Gasteiger partial charge in [0, 0.05) is 11.1 Å². The summed E-state index contributed by atoms with van der Waals surface area (Å²) in [7, 11) is 0. The zero-order valence-corrected chi connectivity index (χ0v) is 16.0. The molecular formula is C22H13F6N3O. The highest BCUT2D eigenvalue weighted by molar-refractivity contribution is 5.82. The van der Waals surface area contributed by atoms with Crippen LogP contribution in [-0.4, -0.2) is 9.97 Å². The molecular weight excluding hydrogens is 436 g/mol. The number of aromatic nitrogens is 2. The Balaban J connectivity index is 1.62. The highest BCUT2D eigenvalue weighted by Crippen LogP contribution is 2.38. The first-order valence-corrected chi connectivity index (χ1v) is 9.16. The van der Waals surface area contributed by atoms with Crippen LogP contribution in [0.5, 0.6) is 11.5 Å². The van der Waals surface area contributed by atoms with Crippen molar-refractivity contribution >= 4 is 22.5 Å². The molecule has 0 aliphatic heterocycles. The number of fused-ring (bicyclic) bond motifs is 1. The molecule has 2 aromatic carbocycles. The third kappa shape index (κ3) is 4.74. The van der Waals surface area contributed by atoms with E-state index >= 15 is 0 Å². The third-order valence-electron chi connectivity index (χ3n) is 4.37. The number of nitrogens with zero attached hydrogens (tertiary/aromatic N) is 2. The fraction of sp³-hybridized carbons (Fsp3) is 0.0909. The summed E-state index contributed by atoms with van der Waals surface area (Å²) in [5.41, 5.74) is -3.28. The zero-order chi connectivity index (χ0) is 22.9. The van der Waals surface area contributed by atoms with Crippen LogP contribution in [0.3, 0.4) is 0 Å². The van der Waals surface area contributed by atoms with Gasteiger partial charge in [-0.15, -0.1) is 0 Å². The average molecular weight is 449 g/mol. The maximum atomic E-state index is 13.3. The highest BCUT2D eigenvalue weighted by Gasteiger charge is 2.39. The van der Waals surface area contributed by atoms with Gasteiger partial charge in [-0.25, -0.2) is 9.97 Å². The van der Waals surface area contributed by atoms with Crippen LogP contribution in [0.1, 0.15) is 11.3 Å². The summed E-state index contributed by atoms with van der Waals surface area (Å²) >= 11 is 0. The van der Waals surface area contributed by atoms with E-state index in [1.54, 1.807) is 36.4 Å². The van der Waals surface area contributed by atoms with Crippen LogP contribution in [0.25, 0.3) is 11.0 Å². The number of alkyl halides is 6. The number of hydrogen-bond acceptors (Lipinski definition) is 4. The number of pyridine rings is 2. The first-order chi connectivity index (χ1) is 15.1. The van der Waals surface area contributed by atoms with Crippen LogP contribution in [0, 0.1) is 0 Å². The molecule has 0 saturated heterocycles. The molecule has 0 amide bonds. The molecule has 0 spiro atoms. The van der Waals surface area contributed by atoms with Crippen LogP contribution in [-0.2, 0) is 12.4 Å². The quantitative estimate of drug-likeness (QED) is 0.335. The average Bonchev–Trinajstić information content (AvgIpc) is 2.73. The Morgan fingerprint density at radius 3 is 1.97 bits per heavy atom. The van der Waals surface area contributed by atoms with Crippen LogP contribution in [0.15, 0.2) is 72.8 Å². The van der Waals surface area contributed by atoms with Crippen molar-refractivity contribution < 1.29 is 31.1 Å². The van der Waals surface area contributed by atoms with E-state index in [4.69, 9.17) is 4.74 Å². The van der Waals surface area contributed by atoms with Gasteiger partial charge in [0.15, 0.2) is 5.65 Å². The second kappa shape index (κ2) is 8.03. The molecule has 1 N–H and O–H groups in total. The SMILES string of the molecule is FC(F)(F)c1cc(C(F)(F)F)c2ccc(Nc3ccc(Oc4ccccc4)cc3)nc2n1. The maximum Gasteiger partial charge on any atom is 0.433 e. The van der Waals surface area contributed by atoms with E-state index in [-0.39, 0.29) is 11.9 Å². The van der Waals surface area contributed by atoms with E-state index < -0.39 is 34.6 Å². The molecule has 0 aliphatic rings. The van der Waals surface area contributed by atoms with Gasteiger partial charge in [-0.05, 0) is 54.6 Å². The number of anilines is 2. The minimum Gasteiger partial charge on any atom is -0.457 e. The summed E-state index contributed by atoms with van der Waals surface area (Å²) in [4.78, 5) is 7.14. The third-order valence-corrected chi connectivity index (χ3v) is 4.37. The molecule has 164 valence electrons. The van der Waals surface area contributed by atoms with Crippen molar-refractivity contribution in [1.82, 2.24) is 9.97 Å². The molecule has 0 saturated carbocycles. The fourth-order valence-electron chi connectivity index (χ4n) is 2.93. The van der Waals surface area contributed by atoms with Gasteiger partial charge in [-0.1, -0.05) is 18.2 Å². The van der Waals surface area contributed by atoms with Gasteiger partial charge in [0.05, 0.1) is 5.56 Å². The first kappa shape index (κ1) is 21.4. The lowest BCUT2D eigenvalue weighted by Gasteiger charge is -2.14. The Hall–Kier alpha value is -3.82. The molecule has 4 nitrogen and oxygen atoms in total. The molecule has 10 heteroatoms. The molecule has 4 rings (SSSR count). The van der Waals surface area contributed by atoms with Crippen LogP contribution in [0.2, 0.25) is 0 Å². The monoisotopic (exact) mass is 449 g/mol. The lowest BCUT2D eigenvalue weighted by molar-refractivity contribution is -0.144. The van der Waals surface area contributed by atoms with Crippen molar-refractivity contribution in [2.24, 2.45) is 0 Å². The second-order valence-electron chi connectivity index (χ2n) is 6.68. The summed E-state index contributed by atoms with van der Waals surface area (Å²) in [6.45, 7) is 0. The topological polar surface area (TPSA) is 47.0 Å². The summed E-state index contributed by atoms with van der Waals surface area (Å²) in [5.74, 6) is 1.21. The zero-order valence-electron chi connectivity index (χ0n) is 16.0. The highest BCUT2D eigenvalue weighted by atomic mass is 19.4. The number of benzene rings is 2. The molecule has 32 heavy (non-hydrogen) atoms. The van der Waals surface area contributed by atoms with E-state index in [0.717, 1.165) is 6.07 Å². The molecule has 0 aliphatic carbocycles. The summed E-state index contributed by atoms with van der Waals surface area (Å²) in [5, 5.41) is 2.31. The van der Waals surface area contributed by atoms with Gasteiger partial charge in [0.25, 0.3) is 0 Å². The predicted molar refractivity (Wildman–Crippen MR) is 106 cm³/mol. The van der Waals surface area contributed by atoms with Crippen molar-refractivity contribution in [3.05, 3.63) is 84.1 Å². The molecule has 2 heterocycles. The van der Waals surface area contributed by atoms with Crippen molar-refractivity contribution in [3.8, 4) is 11.5 Å². The fourth-order valence-corrected chi connectivity index (χ4v) is 2.93. The van der Waals surface area contributed by atoms with Gasteiger partial charge in [-0.3, -0.25) is 0 Å². The number of para-hydroxylation sites is 1. The number of nitrogens with one attached hydrogen (secondary N) is 1. The van der Waals surface area contributed by atoms with E-state index in [1.807, 2.05) is 18.2 Å². The number of hydrogen-bond donors (Lipinski definition) is 1. The van der Waals surface area contributed by atoms with Crippen molar-refractivity contribution in [2.45, 2.75) is 12.4 Å². The molecule has 0 atom stereocenters. The number of rotatable bonds is 4. The lowest BCUT2D eigenvalue weighted by Crippen LogP contribution is -2.14. The van der Waals surface area contributed by atoms with Crippen LogP contribution < -0.4 is 10.1 Å². The Bertz CT molecular complexity index is 1240. The van der Waals surface area contributed by atoms with Gasteiger partial charge in [0.2, 0.25) is 0 Å². The summed E-state index contributed by atoms with van der Waals surface area (Å²) in [6, 6.07) is 17.9. The summed E-state index contributed by atoms with van der Waals surface area (Å²) in [6.07, 6.45) is -10.0. The second-order valence-corrected chi connectivity index (χ2v) is 6.68. The molecule has 0 fully saturated rings. The van der Waals surface area contributed by atoms with E-state index in [0.29, 0.717) is 17.2 Å². The maximum absolute atomic E-state index is 13.3. The van der Waals surface area contributed by atoms with Crippen molar-refractivity contribution in [1.29, 1.82) is 0 Å². The largest absolute Gasteiger partial charge is 0.457 e. The first-order valence-electron chi connectivity index (χ1n) is 9.16. The lowest BCUT2D eigenvalue weighted by atomic mass is 10.1. The molecule has 2 aromatic heterocycles. The number of halogens is 6. The standard InChI is InChI=1S/C22H13F6N3O/c23-21(24,25)17-12-18(22(26,27)28)30-20-16(17)10-11-19(31-20)29-13-6-8-15(9-7-13)32-14-4-2-1-3-5-14/h1-12H,(H,29,30,31). The minimum atomic E-state index is -5.05. The van der Waals surface area contributed by atoms with Gasteiger partial charge < -0.3 is 10.1 Å². The predicted octanol–water partition coefficient (Wildman–Crippen LogP) is 7.20. The van der Waals surface area contributed by atoms with E-state index in [9.17, 15) is 26.3 Å². The van der Waals surface area contributed by atoms with Crippen molar-refractivity contribution in [2.75, 3.05) is 5.32 Å². The smallest absolute Gasteiger partial charge is 0.433 e. The van der Waals surface area contributed by atoms with Crippen LogP contribution >= 0.6 is 0 Å². The van der Waals surface area contributed by atoms with E-state index in [2.05, 4.69) is 15.3 Å². The normalized spacial score (nSPS) is 12.1. The van der Waals surface area contributed by atoms with Gasteiger partial charge in [-0.2, -0.15) is 26.3 Å². The molecule has 0 unspecified atom stereocenters. The van der Waals surface area contributed by atoms with E-state index in [1.165, 1.54) is 6.07 Å². The Labute approximate surface area is 177 Å².